The highest BCUT2D eigenvalue weighted by molar-refractivity contribution is 5.99. The van der Waals surface area contributed by atoms with Gasteiger partial charge in [0.05, 0.1) is 5.56 Å². The maximum Gasteiger partial charge on any atom is 0.228 e. The standard InChI is InChI=1S/C22H19N7O/c1-13-27-28-20-9-14(7-8-29(13)20)3-4-16-11-25-21(23-2)18-12-24-19(10-17(16)18)26-22(30)15-5-6-15/h7-12,15H,5-6H2,1-2H3,(H,23,25)(H,24,26,30). The van der Waals surface area contributed by atoms with Gasteiger partial charge in [0.1, 0.15) is 17.5 Å². The van der Waals surface area contributed by atoms with Gasteiger partial charge in [0.15, 0.2) is 5.65 Å². The van der Waals surface area contributed by atoms with Crippen molar-refractivity contribution in [2.45, 2.75) is 19.8 Å². The van der Waals surface area contributed by atoms with Crippen LogP contribution < -0.4 is 10.6 Å². The smallest absolute Gasteiger partial charge is 0.228 e. The molecule has 0 radical (unpaired) electrons. The summed E-state index contributed by atoms with van der Waals surface area (Å²) in [5.41, 5.74) is 2.34. The zero-order valence-electron chi connectivity index (χ0n) is 16.6. The predicted molar refractivity (Wildman–Crippen MR) is 114 cm³/mol. The van der Waals surface area contributed by atoms with Crippen LogP contribution >= 0.6 is 0 Å². The molecule has 0 saturated heterocycles. The Labute approximate surface area is 172 Å². The number of hydrogen-bond acceptors (Lipinski definition) is 6. The minimum absolute atomic E-state index is 0.0225. The Morgan fingerprint density at radius 3 is 2.80 bits per heavy atom. The third kappa shape index (κ3) is 3.31. The molecule has 8 nitrogen and oxygen atoms in total. The van der Waals surface area contributed by atoms with Crippen LogP contribution in [0.15, 0.2) is 36.8 Å². The number of nitrogens with one attached hydrogen (secondary N) is 2. The van der Waals surface area contributed by atoms with Crippen LogP contribution in [0.2, 0.25) is 0 Å². The first-order chi connectivity index (χ1) is 14.6. The fourth-order valence-electron chi connectivity index (χ4n) is 3.30. The van der Waals surface area contributed by atoms with Gasteiger partial charge in [-0.05, 0) is 38.0 Å². The van der Waals surface area contributed by atoms with E-state index in [-0.39, 0.29) is 11.8 Å². The van der Waals surface area contributed by atoms with Crippen molar-refractivity contribution < 1.29 is 4.79 Å². The summed E-state index contributed by atoms with van der Waals surface area (Å²) in [5.74, 6) is 8.59. The number of aromatic nitrogens is 5. The molecule has 8 heteroatoms. The number of aryl methyl sites for hydroxylation is 1. The Morgan fingerprint density at radius 1 is 1.13 bits per heavy atom. The molecule has 0 aromatic carbocycles. The second kappa shape index (κ2) is 7.12. The monoisotopic (exact) mass is 397 g/mol. The van der Waals surface area contributed by atoms with Gasteiger partial charge in [0.25, 0.3) is 0 Å². The molecule has 5 rings (SSSR count). The van der Waals surface area contributed by atoms with Crippen LogP contribution in [-0.4, -0.2) is 37.5 Å². The number of carbonyl (C=O) groups excluding carboxylic acids is 1. The highest BCUT2D eigenvalue weighted by atomic mass is 16.2. The quantitative estimate of drug-likeness (QED) is 0.516. The third-order valence-corrected chi connectivity index (χ3v) is 5.13. The summed E-state index contributed by atoms with van der Waals surface area (Å²) in [6.07, 6.45) is 7.24. The lowest BCUT2D eigenvalue weighted by Gasteiger charge is -2.09. The van der Waals surface area contributed by atoms with E-state index in [1.807, 2.05) is 42.8 Å². The number of fused-ring (bicyclic) bond motifs is 2. The summed E-state index contributed by atoms with van der Waals surface area (Å²) in [7, 11) is 1.81. The fraction of sp³-hybridized carbons (Fsp3) is 0.227. The molecule has 0 atom stereocenters. The molecule has 0 bridgehead atoms. The molecule has 1 amide bonds. The molecule has 0 spiro atoms. The summed E-state index contributed by atoms with van der Waals surface area (Å²) in [4.78, 5) is 21.0. The molecule has 2 N–H and O–H groups in total. The van der Waals surface area contributed by atoms with Crippen molar-refractivity contribution in [3.05, 3.63) is 53.7 Å². The largest absolute Gasteiger partial charge is 0.373 e. The second-order valence-corrected chi connectivity index (χ2v) is 7.29. The Balaban J connectivity index is 1.55. The molecule has 4 aromatic heterocycles. The van der Waals surface area contributed by atoms with E-state index in [1.54, 1.807) is 12.4 Å². The van der Waals surface area contributed by atoms with Crippen molar-refractivity contribution in [2.75, 3.05) is 17.7 Å². The SMILES string of the molecule is CNc1ncc(C#Cc2ccn3c(C)nnc3c2)c2cc(NC(=O)C3CC3)ncc12. The second-order valence-electron chi connectivity index (χ2n) is 7.29. The highest BCUT2D eigenvalue weighted by Gasteiger charge is 2.29. The molecule has 0 aliphatic heterocycles. The van der Waals surface area contributed by atoms with E-state index in [0.717, 1.165) is 46.2 Å². The average Bonchev–Trinajstić information content (AvgIpc) is 3.55. The normalized spacial score (nSPS) is 13.1. The first-order valence-electron chi connectivity index (χ1n) is 9.73. The Kier molecular flexibility index (Phi) is 4.29. The van der Waals surface area contributed by atoms with Gasteiger partial charge in [-0.1, -0.05) is 11.8 Å². The molecule has 1 aliphatic rings. The first-order valence-corrected chi connectivity index (χ1v) is 9.73. The zero-order chi connectivity index (χ0) is 20.7. The maximum atomic E-state index is 12.1. The number of amides is 1. The van der Waals surface area contributed by atoms with E-state index in [1.165, 1.54) is 0 Å². The minimum atomic E-state index is 0.0225. The van der Waals surface area contributed by atoms with Crippen molar-refractivity contribution >= 4 is 34.0 Å². The minimum Gasteiger partial charge on any atom is -0.373 e. The summed E-state index contributed by atoms with van der Waals surface area (Å²) in [6, 6.07) is 5.68. The molecular weight excluding hydrogens is 378 g/mol. The fourth-order valence-corrected chi connectivity index (χ4v) is 3.30. The van der Waals surface area contributed by atoms with Crippen LogP contribution in [0.25, 0.3) is 16.4 Å². The van der Waals surface area contributed by atoms with Crippen LogP contribution in [0.1, 0.15) is 29.8 Å². The van der Waals surface area contributed by atoms with Crippen LogP contribution in [-0.2, 0) is 4.79 Å². The molecule has 1 aliphatic carbocycles. The summed E-state index contributed by atoms with van der Waals surface area (Å²) in [6.45, 7) is 1.90. The van der Waals surface area contributed by atoms with Gasteiger partial charge in [0.2, 0.25) is 5.91 Å². The van der Waals surface area contributed by atoms with E-state index in [9.17, 15) is 4.79 Å². The van der Waals surface area contributed by atoms with Gasteiger partial charge in [-0.2, -0.15) is 0 Å². The lowest BCUT2D eigenvalue weighted by molar-refractivity contribution is -0.117. The van der Waals surface area contributed by atoms with E-state index >= 15 is 0 Å². The molecular formula is C22H19N7O. The van der Waals surface area contributed by atoms with Crippen LogP contribution in [0, 0.1) is 24.7 Å². The number of carbonyl (C=O) groups is 1. The van der Waals surface area contributed by atoms with Crippen molar-refractivity contribution in [1.82, 2.24) is 24.6 Å². The molecule has 4 aromatic rings. The van der Waals surface area contributed by atoms with E-state index < -0.39 is 0 Å². The van der Waals surface area contributed by atoms with Gasteiger partial charge >= 0.3 is 0 Å². The van der Waals surface area contributed by atoms with Gasteiger partial charge < -0.3 is 10.6 Å². The first kappa shape index (κ1) is 18.1. The number of anilines is 2. The highest BCUT2D eigenvalue weighted by Crippen LogP contribution is 2.31. The topological polar surface area (TPSA) is 97.1 Å². The maximum absolute atomic E-state index is 12.1. The number of nitrogens with zero attached hydrogens (tertiary/aromatic N) is 5. The Morgan fingerprint density at radius 2 is 2.00 bits per heavy atom. The van der Waals surface area contributed by atoms with E-state index in [2.05, 4.69) is 42.6 Å². The molecule has 4 heterocycles. The molecule has 1 fully saturated rings. The summed E-state index contributed by atoms with van der Waals surface area (Å²) >= 11 is 0. The van der Waals surface area contributed by atoms with Gasteiger partial charge in [-0.25, -0.2) is 9.97 Å². The lowest BCUT2D eigenvalue weighted by atomic mass is 10.1. The Bertz CT molecular complexity index is 1360. The van der Waals surface area contributed by atoms with Crippen LogP contribution in [0.3, 0.4) is 0 Å². The van der Waals surface area contributed by atoms with Gasteiger partial charge in [-0.15, -0.1) is 10.2 Å². The van der Waals surface area contributed by atoms with Crippen LogP contribution in [0.4, 0.5) is 11.6 Å². The summed E-state index contributed by atoms with van der Waals surface area (Å²) < 4.78 is 1.91. The van der Waals surface area contributed by atoms with Gasteiger partial charge in [0, 0.05) is 47.9 Å². The predicted octanol–water partition coefficient (Wildman–Crippen LogP) is 2.77. The molecule has 0 unspecified atom stereocenters. The Hall–Kier alpha value is -3.99. The number of hydrogen-bond donors (Lipinski definition) is 2. The van der Waals surface area contributed by atoms with Gasteiger partial charge in [-0.3, -0.25) is 9.20 Å². The molecule has 148 valence electrons. The molecule has 1 saturated carbocycles. The zero-order valence-corrected chi connectivity index (χ0v) is 16.6. The van der Waals surface area contributed by atoms with Crippen molar-refractivity contribution in [2.24, 2.45) is 5.92 Å². The van der Waals surface area contributed by atoms with Crippen LogP contribution in [0.5, 0.6) is 0 Å². The van der Waals surface area contributed by atoms with Crippen molar-refractivity contribution in [3.63, 3.8) is 0 Å². The number of pyridine rings is 3. The van der Waals surface area contributed by atoms with E-state index in [4.69, 9.17) is 0 Å². The van der Waals surface area contributed by atoms with Crippen molar-refractivity contribution in [1.29, 1.82) is 0 Å². The average molecular weight is 397 g/mol. The third-order valence-electron chi connectivity index (χ3n) is 5.13. The number of rotatable bonds is 3. The van der Waals surface area contributed by atoms with E-state index in [0.29, 0.717) is 11.6 Å². The van der Waals surface area contributed by atoms with Crippen molar-refractivity contribution in [3.8, 4) is 11.8 Å². The summed E-state index contributed by atoms with van der Waals surface area (Å²) in [5, 5.41) is 15.9. The lowest BCUT2D eigenvalue weighted by Crippen LogP contribution is -2.14. The molecule has 30 heavy (non-hydrogen) atoms.